The first-order valence-corrected chi connectivity index (χ1v) is 11.9. The zero-order valence-electron chi connectivity index (χ0n) is 18.7. The molecule has 1 spiro atoms. The predicted molar refractivity (Wildman–Crippen MR) is 130 cm³/mol. The molecule has 7 heterocycles. The van der Waals surface area contributed by atoms with E-state index in [1.54, 1.807) is 6.33 Å². The Balaban J connectivity index is 1.05. The highest BCUT2D eigenvalue weighted by Gasteiger charge is 2.52. The molecule has 5 aromatic rings. The van der Waals surface area contributed by atoms with Gasteiger partial charge in [-0.15, -0.1) is 10.2 Å². The molecular formula is C26H24N8. The summed E-state index contributed by atoms with van der Waals surface area (Å²) in [5.74, 6) is 0.649. The summed E-state index contributed by atoms with van der Waals surface area (Å²) in [5, 5.41) is 8.18. The standard InChI is InChI=1S/C26H24N8/c1-2-18(1)25-22(19-3-4-21-8-28-16-32(21)11-19)9-27-10-23(25)34-14-26(15-34)12-33(13-26)20-5-6-31-17-29-30-24(31)7-20/h3-11,16-18H,1-2,12-15H2. The van der Waals surface area contributed by atoms with Crippen LogP contribution in [0.5, 0.6) is 0 Å². The van der Waals surface area contributed by atoms with Gasteiger partial charge in [-0.25, -0.2) is 4.98 Å². The van der Waals surface area contributed by atoms with E-state index in [1.165, 1.54) is 40.9 Å². The van der Waals surface area contributed by atoms with Gasteiger partial charge in [0.05, 0.1) is 29.9 Å². The number of nitrogens with zero attached hydrogens (tertiary/aromatic N) is 8. The van der Waals surface area contributed by atoms with Crippen LogP contribution in [0.25, 0.3) is 22.3 Å². The maximum Gasteiger partial charge on any atom is 0.162 e. The van der Waals surface area contributed by atoms with E-state index in [-0.39, 0.29) is 0 Å². The van der Waals surface area contributed by atoms with Crippen molar-refractivity contribution >= 4 is 22.5 Å². The average Bonchev–Trinajstić information content (AvgIpc) is 3.35. The molecule has 1 saturated carbocycles. The molecule has 168 valence electrons. The summed E-state index contributed by atoms with van der Waals surface area (Å²) in [6.07, 6.45) is 16.4. The van der Waals surface area contributed by atoms with Gasteiger partial charge < -0.3 is 14.2 Å². The molecule has 3 aliphatic rings. The van der Waals surface area contributed by atoms with E-state index in [2.05, 4.69) is 77.2 Å². The first kappa shape index (κ1) is 18.5. The van der Waals surface area contributed by atoms with Crippen LogP contribution in [0, 0.1) is 5.41 Å². The fourth-order valence-corrected chi connectivity index (χ4v) is 5.90. The Morgan fingerprint density at radius 2 is 1.74 bits per heavy atom. The van der Waals surface area contributed by atoms with E-state index in [0.717, 1.165) is 37.3 Å². The fraction of sp³-hybridized carbons (Fsp3) is 0.308. The first-order valence-electron chi connectivity index (χ1n) is 11.9. The Bertz CT molecular complexity index is 1550. The fourth-order valence-electron chi connectivity index (χ4n) is 5.90. The molecule has 5 aromatic heterocycles. The number of rotatable bonds is 4. The van der Waals surface area contributed by atoms with E-state index in [4.69, 9.17) is 0 Å². The molecule has 0 amide bonds. The van der Waals surface area contributed by atoms with Gasteiger partial charge in [0.15, 0.2) is 5.65 Å². The molecule has 34 heavy (non-hydrogen) atoms. The van der Waals surface area contributed by atoms with Crippen molar-refractivity contribution in [1.29, 1.82) is 0 Å². The Labute approximate surface area is 196 Å². The molecule has 1 aliphatic carbocycles. The van der Waals surface area contributed by atoms with Crippen molar-refractivity contribution < 1.29 is 0 Å². The summed E-state index contributed by atoms with van der Waals surface area (Å²) >= 11 is 0. The number of fused-ring (bicyclic) bond motifs is 2. The highest BCUT2D eigenvalue weighted by Crippen LogP contribution is 2.51. The highest BCUT2D eigenvalue weighted by atomic mass is 15.3. The van der Waals surface area contributed by atoms with E-state index >= 15 is 0 Å². The molecule has 0 N–H and O–H groups in total. The Morgan fingerprint density at radius 1 is 0.853 bits per heavy atom. The zero-order valence-corrected chi connectivity index (χ0v) is 18.7. The molecule has 0 unspecified atom stereocenters. The van der Waals surface area contributed by atoms with Crippen molar-refractivity contribution in [2.45, 2.75) is 18.8 Å². The lowest BCUT2D eigenvalue weighted by Gasteiger charge is -2.61. The lowest BCUT2D eigenvalue weighted by atomic mass is 9.72. The second kappa shape index (κ2) is 6.56. The molecule has 8 rings (SSSR count). The molecule has 3 fully saturated rings. The van der Waals surface area contributed by atoms with Gasteiger partial charge in [0, 0.05) is 73.1 Å². The monoisotopic (exact) mass is 448 g/mol. The third-order valence-electron chi connectivity index (χ3n) is 7.77. The number of pyridine rings is 3. The second-order valence-corrected chi connectivity index (χ2v) is 10.2. The summed E-state index contributed by atoms with van der Waals surface area (Å²) in [6, 6.07) is 8.64. The third kappa shape index (κ3) is 2.71. The Morgan fingerprint density at radius 3 is 2.62 bits per heavy atom. The van der Waals surface area contributed by atoms with Crippen LogP contribution in [0.2, 0.25) is 0 Å². The third-order valence-corrected chi connectivity index (χ3v) is 7.77. The number of imidazole rings is 1. The van der Waals surface area contributed by atoms with Crippen molar-refractivity contribution in [3.05, 3.63) is 73.5 Å². The summed E-state index contributed by atoms with van der Waals surface area (Å²) in [5.41, 5.74) is 8.94. The van der Waals surface area contributed by atoms with Gasteiger partial charge >= 0.3 is 0 Å². The average molecular weight is 449 g/mol. The molecule has 2 saturated heterocycles. The second-order valence-electron chi connectivity index (χ2n) is 10.2. The van der Waals surface area contributed by atoms with E-state index in [0.29, 0.717) is 11.3 Å². The van der Waals surface area contributed by atoms with Gasteiger partial charge in [-0.05, 0) is 36.5 Å². The molecule has 0 bridgehead atoms. The Hall–Kier alpha value is -3.94. The minimum Gasteiger partial charge on any atom is -0.370 e. The molecule has 2 aliphatic heterocycles. The molecule has 0 atom stereocenters. The maximum absolute atomic E-state index is 4.69. The Kier molecular flexibility index (Phi) is 3.57. The van der Waals surface area contributed by atoms with Gasteiger partial charge in [-0.3, -0.25) is 9.38 Å². The summed E-state index contributed by atoms with van der Waals surface area (Å²) in [6.45, 7) is 4.39. The van der Waals surface area contributed by atoms with Crippen molar-refractivity contribution in [3.63, 3.8) is 0 Å². The molecule has 0 aromatic carbocycles. The van der Waals surface area contributed by atoms with Crippen LogP contribution in [-0.4, -0.2) is 55.1 Å². The summed E-state index contributed by atoms with van der Waals surface area (Å²) < 4.78 is 4.05. The predicted octanol–water partition coefficient (Wildman–Crippen LogP) is 3.64. The van der Waals surface area contributed by atoms with Gasteiger partial charge in [0.1, 0.15) is 6.33 Å². The minimum atomic E-state index is 0.381. The SMILES string of the molecule is c1cc2cncn2cc1-c1cncc(N2CC3(CN(c4ccn5cnnc5c4)C3)C2)c1C1CC1. The van der Waals surface area contributed by atoms with Crippen molar-refractivity contribution in [3.8, 4) is 11.1 Å². The molecular weight excluding hydrogens is 424 g/mol. The maximum atomic E-state index is 4.69. The van der Waals surface area contributed by atoms with Crippen molar-refractivity contribution in [2.24, 2.45) is 5.41 Å². The minimum absolute atomic E-state index is 0.381. The van der Waals surface area contributed by atoms with Crippen LogP contribution in [-0.2, 0) is 0 Å². The smallest absolute Gasteiger partial charge is 0.162 e. The lowest BCUT2D eigenvalue weighted by Crippen LogP contribution is -2.72. The molecule has 8 nitrogen and oxygen atoms in total. The van der Waals surface area contributed by atoms with Crippen LogP contribution in [0.1, 0.15) is 24.3 Å². The van der Waals surface area contributed by atoms with Crippen LogP contribution >= 0.6 is 0 Å². The van der Waals surface area contributed by atoms with Crippen LogP contribution < -0.4 is 9.80 Å². The quantitative estimate of drug-likeness (QED) is 0.418. The van der Waals surface area contributed by atoms with E-state index in [1.807, 2.05) is 23.1 Å². The number of hydrogen-bond donors (Lipinski definition) is 0. The first-order chi connectivity index (χ1) is 16.7. The number of aromatic nitrogens is 6. The van der Waals surface area contributed by atoms with E-state index in [9.17, 15) is 0 Å². The molecule has 0 radical (unpaired) electrons. The van der Waals surface area contributed by atoms with Gasteiger partial charge in [-0.1, -0.05) is 6.07 Å². The highest BCUT2D eigenvalue weighted by molar-refractivity contribution is 5.76. The lowest BCUT2D eigenvalue weighted by molar-refractivity contribution is 0.156. The summed E-state index contributed by atoms with van der Waals surface area (Å²) in [7, 11) is 0. The molecule has 8 heteroatoms. The van der Waals surface area contributed by atoms with Gasteiger partial charge in [-0.2, -0.15) is 0 Å². The van der Waals surface area contributed by atoms with Crippen LogP contribution in [0.4, 0.5) is 11.4 Å². The van der Waals surface area contributed by atoms with Crippen molar-refractivity contribution in [2.75, 3.05) is 36.0 Å². The zero-order chi connectivity index (χ0) is 22.3. The largest absolute Gasteiger partial charge is 0.370 e. The number of anilines is 2. The van der Waals surface area contributed by atoms with E-state index < -0.39 is 0 Å². The topological polar surface area (TPSA) is 66.9 Å². The summed E-state index contributed by atoms with van der Waals surface area (Å²) in [4.78, 5) is 14.0. The number of hydrogen-bond acceptors (Lipinski definition) is 6. The van der Waals surface area contributed by atoms with Gasteiger partial charge in [0.25, 0.3) is 0 Å². The normalized spacial score (nSPS) is 19.1. The van der Waals surface area contributed by atoms with Crippen LogP contribution in [0.3, 0.4) is 0 Å². The van der Waals surface area contributed by atoms with Crippen molar-refractivity contribution in [1.82, 2.24) is 29.0 Å². The van der Waals surface area contributed by atoms with Crippen LogP contribution in [0.15, 0.2) is 67.9 Å². The van der Waals surface area contributed by atoms with Gasteiger partial charge in [0.2, 0.25) is 0 Å².